The van der Waals surface area contributed by atoms with Crippen molar-refractivity contribution in [3.8, 4) is 0 Å². The van der Waals surface area contributed by atoms with Crippen molar-refractivity contribution < 1.29 is 0 Å². The summed E-state index contributed by atoms with van der Waals surface area (Å²) in [4.78, 5) is 0. The van der Waals surface area contributed by atoms with E-state index in [-0.39, 0.29) is 0 Å². The van der Waals surface area contributed by atoms with Crippen LogP contribution < -0.4 is 7.16 Å². The number of hydrogen-bond acceptors (Lipinski definition) is 0. The molecule has 1 saturated carbocycles. The van der Waals surface area contributed by atoms with Crippen LogP contribution in [0.2, 0.25) is 3.93 Å². The van der Waals surface area contributed by atoms with E-state index in [9.17, 15) is 0 Å². The van der Waals surface area contributed by atoms with Gasteiger partial charge in [0.2, 0.25) is 0 Å². The van der Waals surface area contributed by atoms with E-state index in [1.165, 1.54) is 19.3 Å². The fourth-order valence-corrected chi connectivity index (χ4v) is 17.6. The Morgan fingerprint density at radius 1 is 0.826 bits per heavy atom. The van der Waals surface area contributed by atoms with Crippen molar-refractivity contribution in [2.24, 2.45) is 17.8 Å². The molecule has 1 aliphatic rings. The summed E-state index contributed by atoms with van der Waals surface area (Å²) in [6, 6.07) is 23.0. The van der Waals surface area contributed by atoms with E-state index in [0.717, 1.165) is 21.7 Å². The molecule has 1 aliphatic carbocycles. The molecular weight excluding hydrogens is 383 g/mol. The summed E-state index contributed by atoms with van der Waals surface area (Å²) in [5.41, 5.74) is 0. The Balaban J connectivity index is 2.03. The summed E-state index contributed by atoms with van der Waals surface area (Å²) in [5, 5.41) is 0. The van der Waals surface area contributed by atoms with Crippen LogP contribution in [0.4, 0.5) is 0 Å². The van der Waals surface area contributed by atoms with E-state index in [2.05, 4.69) is 81.4 Å². The molecule has 23 heavy (non-hydrogen) atoms. The zero-order valence-electron chi connectivity index (χ0n) is 14.8. The zero-order chi connectivity index (χ0) is 16.2. The molecule has 0 N–H and O–H groups in total. The van der Waals surface area contributed by atoms with Gasteiger partial charge in [-0.1, -0.05) is 0 Å². The van der Waals surface area contributed by atoms with Gasteiger partial charge in [-0.3, -0.25) is 0 Å². The molecule has 1 heteroatoms. The van der Waals surface area contributed by atoms with Crippen molar-refractivity contribution in [2.75, 3.05) is 0 Å². The minimum atomic E-state index is -2.06. The molecule has 2 unspecified atom stereocenters. The van der Waals surface area contributed by atoms with Gasteiger partial charge in [0.05, 0.1) is 0 Å². The molecular formula is C22H30Sn. The van der Waals surface area contributed by atoms with Gasteiger partial charge in [0.25, 0.3) is 0 Å². The third-order valence-corrected chi connectivity index (χ3v) is 16.7. The average Bonchev–Trinajstić information content (AvgIpc) is 2.57. The van der Waals surface area contributed by atoms with Crippen LogP contribution in [0.3, 0.4) is 0 Å². The molecule has 0 heterocycles. The van der Waals surface area contributed by atoms with Crippen molar-refractivity contribution >= 4 is 26.9 Å². The van der Waals surface area contributed by atoms with Crippen molar-refractivity contribution in [3.63, 3.8) is 0 Å². The quantitative estimate of drug-likeness (QED) is 0.649. The van der Waals surface area contributed by atoms with E-state index in [1.807, 2.05) is 0 Å². The summed E-state index contributed by atoms with van der Waals surface area (Å²) >= 11 is -2.06. The van der Waals surface area contributed by atoms with E-state index >= 15 is 0 Å². The van der Waals surface area contributed by atoms with E-state index < -0.39 is 19.8 Å². The summed E-state index contributed by atoms with van der Waals surface area (Å²) in [7, 11) is 0. The van der Waals surface area contributed by atoms with Gasteiger partial charge in [0.15, 0.2) is 0 Å². The van der Waals surface area contributed by atoms with Crippen LogP contribution in [0.5, 0.6) is 0 Å². The summed E-state index contributed by atoms with van der Waals surface area (Å²) < 4.78 is 4.36. The van der Waals surface area contributed by atoms with Crippen molar-refractivity contribution in [3.05, 3.63) is 60.7 Å². The molecule has 0 amide bonds. The molecule has 0 aromatic heterocycles. The Hall–Kier alpha value is -0.761. The first-order valence-corrected chi connectivity index (χ1v) is 14.5. The monoisotopic (exact) mass is 414 g/mol. The van der Waals surface area contributed by atoms with Gasteiger partial charge in [0.1, 0.15) is 0 Å². The summed E-state index contributed by atoms with van der Waals surface area (Å²) in [6.07, 6.45) is 4.32. The van der Waals surface area contributed by atoms with Crippen molar-refractivity contribution in [1.82, 2.24) is 0 Å². The Morgan fingerprint density at radius 2 is 1.35 bits per heavy atom. The van der Waals surface area contributed by atoms with Crippen LogP contribution in [-0.2, 0) is 0 Å². The predicted molar refractivity (Wildman–Crippen MR) is 104 cm³/mol. The standard InChI is InChI=1S/C10H19.2C6H5.Sn.H/c1-8(2)10-6-4-9(3)5-7-10;2*1-2-4-6-5-3-1;;/h6,8-10H,4-5,7H2,1-3H3;2*1-5H;;/t9-,10?;;;;/m1..../s1. The van der Waals surface area contributed by atoms with Gasteiger partial charge in [0, 0.05) is 0 Å². The second kappa shape index (κ2) is 7.87. The molecule has 0 radical (unpaired) electrons. The second-order valence-electron chi connectivity index (χ2n) is 7.79. The first kappa shape index (κ1) is 17.1. The van der Waals surface area contributed by atoms with Gasteiger partial charge < -0.3 is 0 Å². The third-order valence-electron chi connectivity index (χ3n) is 5.82. The first-order chi connectivity index (χ1) is 11.2. The Kier molecular flexibility index (Phi) is 5.85. The predicted octanol–water partition coefficient (Wildman–Crippen LogP) is 4.49. The minimum absolute atomic E-state index is 0.819. The van der Waals surface area contributed by atoms with Crippen LogP contribution >= 0.6 is 0 Å². The van der Waals surface area contributed by atoms with Crippen LogP contribution in [0.15, 0.2) is 60.7 Å². The Labute approximate surface area is 149 Å². The maximum absolute atomic E-state index is 2.47. The number of rotatable bonds is 4. The molecule has 0 spiro atoms. The van der Waals surface area contributed by atoms with Crippen LogP contribution in [0, 0.1) is 17.8 Å². The summed E-state index contributed by atoms with van der Waals surface area (Å²) in [6.45, 7) is 7.38. The second-order valence-corrected chi connectivity index (χ2v) is 16.8. The fourth-order valence-electron chi connectivity index (χ4n) is 4.67. The van der Waals surface area contributed by atoms with Gasteiger partial charge >= 0.3 is 149 Å². The van der Waals surface area contributed by atoms with Crippen LogP contribution in [-0.4, -0.2) is 19.8 Å². The fraction of sp³-hybridized carbons (Fsp3) is 0.455. The Bertz CT molecular complexity index is 550. The van der Waals surface area contributed by atoms with E-state index in [4.69, 9.17) is 0 Å². The first-order valence-electron chi connectivity index (χ1n) is 9.26. The average molecular weight is 413 g/mol. The molecule has 3 atom stereocenters. The summed E-state index contributed by atoms with van der Waals surface area (Å²) in [5.74, 6) is 2.65. The molecule has 0 saturated heterocycles. The van der Waals surface area contributed by atoms with Gasteiger partial charge in [-0.2, -0.15) is 0 Å². The molecule has 0 nitrogen and oxygen atoms in total. The van der Waals surface area contributed by atoms with Crippen LogP contribution in [0.25, 0.3) is 0 Å². The van der Waals surface area contributed by atoms with E-state index in [0.29, 0.717) is 0 Å². The third kappa shape index (κ3) is 4.02. The van der Waals surface area contributed by atoms with Gasteiger partial charge in [-0.05, 0) is 0 Å². The number of hydrogen-bond donors (Lipinski definition) is 0. The molecule has 1 fully saturated rings. The molecule has 3 rings (SSSR count). The maximum atomic E-state index is 2.47. The molecule has 2 aromatic carbocycles. The molecule has 122 valence electrons. The van der Waals surface area contributed by atoms with Gasteiger partial charge in [-0.25, -0.2) is 0 Å². The van der Waals surface area contributed by atoms with E-state index in [1.54, 1.807) is 7.16 Å². The molecule has 0 aliphatic heterocycles. The number of benzene rings is 2. The topological polar surface area (TPSA) is 0 Å². The SMILES string of the molecule is CC(C)C1CC[C@H](C)C[CH]1[SnH]([c]1ccccc1)[c]1ccccc1. The molecule has 2 aromatic rings. The van der Waals surface area contributed by atoms with Crippen LogP contribution in [0.1, 0.15) is 40.0 Å². The zero-order valence-corrected chi connectivity index (χ0v) is 18.1. The van der Waals surface area contributed by atoms with Crippen molar-refractivity contribution in [1.29, 1.82) is 0 Å². The Morgan fingerprint density at radius 3 is 1.83 bits per heavy atom. The van der Waals surface area contributed by atoms with Crippen molar-refractivity contribution in [2.45, 2.75) is 44.0 Å². The molecule has 0 bridgehead atoms. The van der Waals surface area contributed by atoms with Gasteiger partial charge in [-0.15, -0.1) is 0 Å². The normalized spacial score (nSPS) is 25.0.